The molecule has 8 heteroatoms. The number of fused-ring (bicyclic) bond motifs is 4. The van der Waals surface area contributed by atoms with E-state index in [1.165, 1.54) is 16.2 Å². The molecule has 0 bridgehead atoms. The van der Waals surface area contributed by atoms with Crippen molar-refractivity contribution in [1.82, 2.24) is 4.98 Å². The standard InChI is InChI=1S/C28H18F2N2O2S2/c1-16-20-15-10-17-6-2-3-7-21(17)25(20)34-24(16)26(33)32(18-11-13-19(14-12-18)35-27(29)30)28-31-22-8-4-5-9-23(22)36-28/h2-15,27H,1H3. The van der Waals surface area contributed by atoms with Gasteiger partial charge in [0.2, 0.25) is 0 Å². The van der Waals surface area contributed by atoms with Crippen molar-refractivity contribution in [3.63, 3.8) is 0 Å². The van der Waals surface area contributed by atoms with Crippen LogP contribution in [0.4, 0.5) is 19.6 Å². The van der Waals surface area contributed by atoms with Crippen molar-refractivity contribution in [3.05, 3.63) is 96.3 Å². The van der Waals surface area contributed by atoms with Gasteiger partial charge in [0.05, 0.1) is 15.9 Å². The average Bonchev–Trinajstić information content (AvgIpc) is 3.46. The molecular formula is C28H18F2N2O2S2. The largest absolute Gasteiger partial charge is 0.450 e. The maximum Gasteiger partial charge on any atom is 0.300 e. The Kier molecular flexibility index (Phi) is 5.70. The number of thiazole rings is 1. The number of anilines is 2. The Morgan fingerprint density at radius 3 is 2.47 bits per heavy atom. The molecule has 0 aliphatic carbocycles. The van der Waals surface area contributed by atoms with Crippen molar-refractivity contribution in [2.75, 3.05) is 4.90 Å². The summed E-state index contributed by atoms with van der Waals surface area (Å²) in [6.07, 6.45) is 0. The average molecular weight is 517 g/mol. The smallest absolute Gasteiger partial charge is 0.300 e. The molecule has 0 spiro atoms. The number of furan rings is 1. The number of thioether (sulfide) groups is 1. The van der Waals surface area contributed by atoms with Gasteiger partial charge >= 0.3 is 5.91 Å². The molecule has 0 aliphatic rings. The zero-order valence-electron chi connectivity index (χ0n) is 18.9. The molecule has 6 aromatic rings. The van der Waals surface area contributed by atoms with E-state index in [-0.39, 0.29) is 11.7 Å². The molecule has 4 aromatic carbocycles. The van der Waals surface area contributed by atoms with Gasteiger partial charge in [0.15, 0.2) is 10.9 Å². The highest BCUT2D eigenvalue weighted by Crippen LogP contribution is 2.38. The zero-order chi connectivity index (χ0) is 24.8. The number of para-hydroxylation sites is 1. The van der Waals surface area contributed by atoms with Crippen LogP contribution in [-0.4, -0.2) is 16.6 Å². The number of amides is 1. The van der Waals surface area contributed by atoms with Crippen molar-refractivity contribution in [2.45, 2.75) is 17.6 Å². The monoisotopic (exact) mass is 516 g/mol. The fourth-order valence-corrected chi connectivity index (χ4v) is 5.79. The van der Waals surface area contributed by atoms with E-state index < -0.39 is 5.76 Å². The first-order chi connectivity index (χ1) is 17.5. The highest BCUT2D eigenvalue weighted by Gasteiger charge is 2.29. The number of nitrogens with zero attached hydrogens (tertiary/aromatic N) is 2. The number of aromatic nitrogens is 1. The minimum absolute atomic E-state index is 0.214. The molecular weight excluding hydrogens is 498 g/mol. The van der Waals surface area contributed by atoms with Gasteiger partial charge in [-0.15, -0.1) is 0 Å². The molecule has 0 aliphatic heterocycles. The maximum absolute atomic E-state index is 14.1. The van der Waals surface area contributed by atoms with Crippen molar-refractivity contribution in [2.24, 2.45) is 0 Å². The van der Waals surface area contributed by atoms with Crippen LogP contribution in [0.15, 0.2) is 94.2 Å². The first kappa shape index (κ1) is 22.7. The number of hydrogen-bond donors (Lipinski definition) is 0. The minimum atomic E-state index is -2.52. The quantitative estimate of drug-likeness (QED) is 0.215. The number of carbonyl (C=O) groups excluding carboxylic acids is 1. The second-order valence-electron chi connectivity index (χ2n) is 8.20. The maximum atomic E-state index is 14.1. The summed E-state index contributed by atoms with van der Waals surface area (Å²) in [6, 6.07) is 26.0. The molecule has 0 unspecified atom stereocenters. The molecule has 0 atom stereocenters. The van der Waals surface area contributed by atoms with E-state index in [1.807, 2.05) is 67.6 Å². The van der Waals surface area contributed by atoms with Gasteiger partial charge in [0.25, 0.3) is 5.76 Å². The molecule has 178 valence electrons. The van der Waals surface area contributed by atoms with E-state index in [2.05, 4.69) is 0 Å². The van der Waals surface area contributed by atoms with E-state index in [0.717, 1.165) is 31.9 Å². The Morgan fingerprint density at radius 2 is 1.69 bits per heavy atom. The molecule has 0 radical (unpaired) electrons. The molecule has 2 aromatic heterocycles. The first-order valence-corrected chi connectivity index (χ1v) is 12.8. The molecule has 4 nitrogen and oxygen atoms in total. The fourth-order valence-electron chi connectivity index (χ4n) is 4.30. The highest BCUT2D eigenvalue weighted by molar-refractivity contribution is 7.99. The van der Waals surface area contributed by atoms with Crippen LogP contribution in [0.1, 0.15) is 16.1 Å². The normalized spacial score (nSPS) is 11.7. The predicted octanol–water partition coefficient (Wildman–Crippen LogP) is 8.80. The van der Waals surface area contributed by atoms with E-state index in [1.54, 1.807) is 24.3 Å². The lowest BCUT2D eigenvalue weighted by Gasteiger charge is -2.19. The van der Waals surface area contributed by atoms with Gasteiger partial charge in [-0.05, 0) is 48.7 Å². The number of hydrogen-bond acceptors (Lipinski definition) is 5. The summed E-state index contributed by atoms with van der Waals surface area (Å²) in [5.74, 6) is -2.68. The van der Waals surface area contributed by atoms with Crippen LogP contribution < -0.4 is 4.90 Å². The number of benzene rings is 4. The zero-order valence-corrected chi connectivity index (χ0v) is 20.6. The Hall–Kier alpha value is -3.75. The van der Waals surface area contributed by atoms with Crippen LogP contribution in [0.25, 0.3) is 32.0 Å². The summed E-state index contributed by atoms with van der Waals surface area (Å²) in [4.78, 5) is 20.7. The van der Waals surface area contributed by atoms with Crippen LogP contribution in [0.2, 0.25) is 0 Å². The van der Waals surface area contributed by atoms with Gasteiger partial charge in [0, 0.05) is 21.2 Å². The lowest BCUT2D eigenvalue weighted by molar-refractivity contribution is 0.0974. The van der Waals surface area contributed by atoms with E-state index in [0.29, 0.717) is 33.1 Å². The second-order valence-corrected chi connectivity index (χ2v) is 10.3. The molecule has 0 N–H and O–H groups in total. The van der Waals surface area contributed by atoms with E-state index in [9.17, 15) is 13.6 Å². The molecule has 1 amide bonds. The van der Waals surface area contributed by atoms with Gasteiger partial charge < -0.3 is 4.42 Å². The summed E-state index contributed by atoms with van der Waals surface area (Å²) in [6.45, 7) is 1.87. The molecule has 36 heavy (non-hydrogen) atoms. The number of carbonyl (C=O) groups is 1. The van der Waals surface area contributed by atoms with Gasteiger partial charge in [0.1, 0.15) is 5.58 Å². The van der Waals surface area contributed by atoms with Crippen LogP contribution in [0, 0.1) is 6.92 Å². The fraction of sp³-hybridized carbons (Fsp3) is 0.0714. The number of halogens is 2. The number of aryl methyl sites for hydroxylation is 1. The lowest BCUT2D eigenvalue weighted by Crippen LogP contribution is -2.26. The van der Waals surface area contributed by atoms with Gasteiger partial charge in [-0.2, -0.15) is 8.78 Å². The highest BCUT2D eigenvalue weighted by atomic mass is 32.2. The summed E-state index contributed by atoms with van der Waals surface area (Å²) in [7, 11) is 0. The van der Waals surface area contributed by atoms with Crippen LogP contribution in [-0.2, 0) is 0 Å². The summed E-state index contributed by atoms with van der Waals surface area (Å²) >= 11 is 1.84. The SMILES string of the molecule is Cc1c(C(=O)N(c2ccc(SC(F)F)cc2)c2nc3ccccc3s2)oc2c1ccc1ccccc12. The Labute approximate surface area is 213 Å². The summed E-state index contributed by atoms with van der Waals surface area (Å²) in [5.41, 5.74) is 2.67. The lowest BCUT2D eigenvalue weighted by atomic mass is 10.1. The second kappa shape index (κ2) is 9.04. The van der Waals surface area contributed by atoms with Crippen LogP contribution >= 0.6 is 23.1 Å². The van der Waals surface area contributed by atoms with Crippen molar-refractivity contribution in [3.8, 4) is 0 Å². The van der Waals surface area contributed by atoms with Crippen molar-refractivity contribution >= 4 is 71.8 Å². The Balaban J connectivity index is 1.51. The Bertz CT molecular complexity index is 1710. The van der Waals surface area contributed by atoms with E-state index in [4.69, 9.17) is 9.40 Å². The van der Waals surface area contributed by atoms with Gasteiger partial charge in [-0.25, -0.2) is 9.88 Å². The van der Waals surface area contributed by atoms with Gasteiger partial charge in [-0.1, -0.05) is 71.6 Å². The molecule has 0 saturated heterocycles. The van der Waals surface area contributed by atoms with Crippen LogP contribution in [0.5, 0.6) is 0 Å². The minimum Gasteiger partial charge on any atom is -0.450 e. The molecule has 2 heterocycles. The van der Waals surface area contributed by atoms with Crippen molar-refractivity contribution in [1.29, 1.82) is 0 Å². The summed E-state index contributed by atoms with van der Waals surface area (Å²) < 4.78 is 32.9. The topological polar surface area (TPSA) is 46.3 Å². The predicted molar refractivity (Wildman–Crippen MR) is 143 cm³/mol. The van der Waals surface area contributed by atoms with Gasteiger partial charge in [-0.3, -0.25) is 4.79 Å². The Morgan fingerprint density at radius 1 is 0.944 bits per heavy atom. The van der Waals surface area contributed by atoms with Crippen molar-refractivity contribution < 1.29 is 18.0 Å². The third kappa shape index (κ3) is 3.92. The van der Waals surface area contributed by atoms with E-state index >= 15 is 0 Å². The number of rotatable bonds is 5. The molecule has 0 fully saturated rings. The number of alkyl halides is 2. The third-order valence-corrected chi connectivity index (χ3v) is 7.76. The first-order valence-electron chi connectivity index (χ1n) is 11.2. The molecule has 0 saturated carbocycles. The summed E-state index contributed by atoms with van der Waals surface area (Å²) in [5, 5.41) is 3.29. The third-order valence-electron chi connectivity index (χ3n) is 6.02. The van der Waals surface area contributed by atoms with Crippen LogP contribution in [0.3, 0.4) is 0 Å². The molecule has 6 rings (SSSR count).